The zero-order valence-corrected chi connectivity index (χ0v) is 12.2. The summed E-state index contributed by atoms with van der Waals surface area (Å²) in [5.41, 5.74) is 0.886. The third-order valence-electron chi connectivity index (χ3n) is 3.13. The van der Waals surface area contributed by atoms with Crippen LogP contribution in [0.1, 0.15) is 19.8 Å². The Kier molecular flexibility index (Phi) is 4.61. The van der Waals surface area contributed by atoms with Gasteiger partial charge in [-0.3, -0.25) is 4.79 Å². The van der Waals surface area contributed by atoms with Gasteiger partial charge in [-0.25, -0.2) is 13.1 Å². The Morgan fingerprint density at radius 2 is 2.00 bits per heavy atom. The molecule has 1 aromatic carbocycles. The molecule has 1 atom stereocenters. The number of piperidine rings is 1. The number of hydrogen-bond acceptors (Lipinski definition) is 4. The summed E-state index contributed by atoms with van der Waals surface area (Å²) in [6.07, 6.45) is 0.882. The van der Waals surface area contributed by atoms with Crippen molar-refractivity contribution in [3.05, 3.63) is 24.3 Å². The smallest absolute Gasteiger partial charge is 0.240 e. The molecule has 1 amide bonds. The van der Waals surface area contributed by atoms with E-state index in [-0.39, 0.29) is 16.8 Å². The fourth-order valence-corrected chi connectivity index (χ4v) is 3.35. The first-order valence-electron chi connectivity index (χ1n) is 6.64. The van der Waals surface area contributed by atoms with Gasteiger partial charge in [0.1, 0.15) is 0 Å². The van der Waals surface area contributed by atoms with E-state index in [0.29, 0.717) is 19.4 Å². The average molecular weight is 297 g/mol. The van der Waals surface area contributed by atoms with E-state index in [0.717, 1.165) is 12.2 Å². The van der Waals surface area contributed by atoms with Crippen LogP contribution in [0, 0.1) is 0 Å². The quantitative estimate of drug-likeness (QED) is 0.745. The lowest BCUT2D eigenvalue weighted by molar-refractivity contribution is -0.122. The number of rotatable bonds is 5. The van der Waals surface area contributed by atoms with Crippen LogP contribution < -0.4 is 15.4 Å². The molecule has 7 heteroatoms. The Hall–Kier alpha value is -1.60. The van der Waals surface area contributed by atoms with Gasteiger partial charge in [-0.2, -0.15) is 0 Å². The van der Waals surface area contributed by atoms with E-state index in [1.807, 2.05) is 6.92 Å². The van der Waals surface area contributed by atoms with Crippen molar-refractivity contribution in [1.29, 1.82) is 0 Å². The standard InChI is InChI=1S/C13H19N3O3S/c1-2-14-10-3-6-12(7-4-10)20(18,19)16-11-5-8-13(17)15-9-11/h3-4,6-7,11,14,16H,2,5,8-9H2,1H3,(H,15,17). The van der Waals surface area contributed by atoms with Gasteiger partial charge in [-0.15, -0.1) is 0 Å². The summed E-state index contributed by atoms with van der Waals surface area (Å²) in [7, 11) is -3.54. The topological polar surface area (TPSA) is 87.3 Å². The van der Waals surface area contributed by atoms with E-state index in [4.69, 9.17) is 0 Å². The Morgan fingerprint density at radius 1 is 1.30 bits per heavy atom. The van der Waals surface area contributed by atoms with Crippen LogP contribution in [0.5, 0.6) is 0 Å². The van der Waals surface area contributed by atoms with E-state index in [1.54, 1.807) is 24.3 Å². The van der Waals surface area contributed by atoms with Crippen LogP contribution in [0.4, 0.5) is 5.69 Å². The molecule has 3 N–H and O–H groups in total. The lowest BCUT2D eigenvalue weighted by Gasteiger charge is -2.23. The summed E-state index contributed by atoms with van der Waals surface area (Å²) in [5.74, 6) is -0.0320. The van der Waals surface area contributed by atoms with Crippen molar-refractivity contribution in [1.82, 2.24) is 10.0 Å². The molecule has 0 radical (unpaired) electrons. The Bertz CT molecular complexity index is 559. The van der Waals surface area contributed by atoms with Crippen LogP contribution in [-0.2, 0) is 14.8 Å². The molecular formula is C13H19N3O3S. The summed E-state index contributed by atoms with van der Waals surface area (Å²) >= 11 is 0. The number of hydrogen-bond donors (Lipinski definition) is 3. The van der Waals surface area contributed by atoms with Gasteiger partial charge in [0.15, 0.2) is 0 Å². The number of anilines is 1. The maximum atomic E-state index is 12.2. The molecule has 0 bridgehead atoms. The average Bonchev–Trinajstić information content (AvgIpc) is 2.42. The highest BCUT2D eigenvalue weighted by molar-refractivity contribution is 7.89. The number of amides is 1. The lowest BCUT2D eigenvalue weighted by Crippen LogP contribution is -2.47. The number of nitrogens with one attached hydrogen (secondary N) is 3. The number of carbonyl (C=O) groups excluding carboxylic acids is 1. The summed E-state index contributed by atoms with van der Waals surface area (Å²) in [5, 5.41) is 5.77. The monoisotopic (exact) mass is 297 g/mol. The van der Waals surface area contributed by atoms with Gasteiger partial charge >= 0.3 is 0 Å². The second-order valence-electron chi connectivity index (χ2n) is 4.72. The molecule has 1 unspecified atom stereocenters. The Balaban J connectivity index is 2.04. The fourth-order valence-electron chi connectivity index (χ4n) is 2.08. The molecule has 0 saturated carbocycles. The molecule has 2 rings (SSSR count). The van der Waals surface area contributed by atoms with Gasteiger partial charge in [0.05, 0.1) is 4.90 Å². The van der Waals surface area contributed by atoms with E-state index < -0.39 is 10.0 Å². The highest BCUT2D eigenvalue weighted by Crippen LogP contribution is 2.15. The molecule has 110 valence electrons. The van der Waals surface area contributed by atoms with E-state index in [1.165, 1.54) is 0 Å². The normalized spacial score (nSPS) is 19.4. The molecule has 0 aliphatic carbocycles. The van der Waals surface area contributed by atoms with Gasteiger partial charge in [-0.1, -0.05) is 0 Å². The van der Waals surface area contributed by atoms with Gasteiger partial charge in [-0.05, 0) is 37.6 Å². The second-order valence-corrected chi connectivity index (χ2v) is 6.43. The molecule has 0 aromatic heterocycles. The van der Waals surface area contributed by atoms with Crippen molar-refractivity contribution in [2.45, 2.75) is 30.7 Å². The van der Waals surface area contributed by atoms with E-state index in [9.17, 15) is 13.2 Å². The van der Waals surface area contributed by atoms with Gasteiger partial charge in [0.2, 0.25) is 15.9 Å². The maximum Gasteiger partial charge on any atom is 0.240 e. The van der Waals surface area contributed by atoms with Crippen molar-refractivity contribution in [3.63, 3.8) is 0 Å². The van der Waals surface area contributed by atoms with Crippen LogP contribution in [0.15, 0.2) is 29.2 Å². The molecule has 1 aliphatic rings. The molecular weight excluding hydrogens is 278 g/mol. The molecule has 1 aliphatic heterocycles. The van der Waals surface area contributed by atoms with Crippen LogP contribution in [0.25, 0.3) is 0 Å². The molecule has 20 heavy (non-hydrogen) atoms. The molecule has 6 nitrogen and oxygen atoms in total. The maximum absolute atomic E-state index is 12.2. The van der Waals surface area contributed by atoms with Gasteiger partial charge in [0, 0.05) is 31.2 Å². The van der Waals surface area contributed by atoms with Crippen molar-refractivity contribution in [2.24, 2.45) is 0 Å². The molecule has 1 saturated heterocycles. The third-order valence-corrected chi connectivity index (χ3v) is 4.67. The van der Waals surface area contributed by atoms with Crippen molar-refractivity contribution in [2.75, 3.05) is 18.4 Å². The number of sulfonamides is 1. The highest BCUT2D eigenvalue weighted by atomic mass is 32.2. The largest absolute Gasteiger partial charge is 0.385 e. The Morgan fingerprint density at radius 3 is 2.55 bits per heavy atom. The predicted octanol–water partition coefficient (Wildman–Crippen LogP) is 0.675. The van der Waals surface area contributed by atoms with Crippen LogP contribution >= 0.6 is 0 Å². The molecule has 1 aromatic rings. The number of carbonyl (C=O) groups is 1. The third kappa shape index (κ3) is 3.71. The minimum atomic E-state index is -3.54. The first kappa shape index (κ1) is 14.8. The van der Waals surface area contributed by atoms with E-state index >= 15 is 0 Å². The van der Waals surface area contributed by atoms with Crippen LogP contribution in [0.3, 0.4) is 0 Å². The predicted molar refractivity (Wildman–Crippen MR) is 77.0 cm³/mol. The molecule has 1 heterocycles. The zero-order chi connectivity index (χ0) is 14.6. The molecule has 0 spiro atoms. The lowest BCUT2D eigenvalue weighted by atomic mass is 10.1. The molecule has 1 fully saturated rings. The Labute approximate surface area is 119 Å². The fraction of sp³-hybridized carbons (Fsp3) is 0.462. The highest BCUT2D eigenvalue weighted by Gasteiger charge is 2.23. The summed E-state index contributed by atoms with van der Waals surface area (Å²) in [4.78, 5) is 11.3. The summed E-state index contributed by atoms with van der Waals surface area (Å²) in [6, 6.07) is 6.37. The minimum Gasteiger partial charge on any atom is -0.385 e. The summed E-state index contributed by atoms with van der Waals surface area (Å²) in [6.45, 7) is 3.10. The van der Waals surface area contributed by atoms with Gasteiger partial charge in [0.25, 0.3) is 0 Å². The van der Waals surface area contributed by atoms with Gasteiger partial charge < -0.3 is 10.6 Å². The summed E-state index contributed by atoms with van der Waals surface area (Å²) < 4.78 is 27.0. The first-order valence-corrected chi connectivity index (χ1v) is 8.12. The zero-order valence-electron chi connectivity index (χ0n) is 11.3. The van der Waals surface area contributed by atoms with Crippen molar-refractivity contribution < 1.29 is 13.2 Å². The first-order chi connectivity index (χ1) is 9.51. The van der Waals surface area contributed by atoms with Crippen LogP contribution in [-0.4, -0.2) is 33.5 Å². The number of benzene rings is 1. The van der Waals surface area contributed by atoms with E-state index in [2.05, 4.69) is 15.4 Å². The SMILES string of the molecule is CCNc1ccc(S(=O)(=O)NC2CCC(=O)NC2)cc1. The second kappa shape index (κ2) is 6.23. The van der Waals surface area contributed by atoms with Crippen LogP contribution in [0.2, 0.25) is 0 Å². The van der Waals surface area contributed by atoms with Crippen molar-refractivity contribution >= 4 is 21.6 Å². The van der Waals surface area contributed by atoms with Crippen molar-refractivity contribution in [3.8, 4) is 0 Å². The minimum absolute atomic E-state index is 0.0320.